The third-order valence-electron chi connectivity index (χ3n) is 8.49. The average Bonchev–Trinajstić information content (AvgIpc) is 3.11. The summed E-state index contributed by atoms with van der Waals surface area (Å²) in [5.74, 6) is -4.14. The fraction of sp³-hybridized carbons (Fsp3) is 0. The Morgan fingerprint density at radius 2 is 0.719 bits per heavy atom. The Bertz CT molecular complexity index is 3140. The molecule has 0 heterocycles. The molecule has 0 fully saturated rings. The Morgan fingerprint density at radius 1 is 0.386 bits per heavy atom. The second-order valence-corrected chi connectivity index (χ2v) is 19.7. The highest BCUT2D eigenvalue weighted by Gasteiger charge is 2.28. The average molecular weight is 879 g/mol. The maximum absolute atomic E-state index is 13.9. The molecule has 0 saturated heterocycles. The van der Waals surface area contributed by atoms with Crippen LogP contribution in [-0.4, -0.2) is 82.1 Å². The minimum Gasteiger partial charge on any atom is -0.507 e. The van der Waals surface area contributed by atoms with Crippen molar-refractivity contribution < 1.29 is 80.1 Å². The van der Waals surface area contributed by atoms with Gasteiger partial charge in [-0.1, -0.05) is 12.1 Å². The highest BCUT2D eigenvalue weighted by Crippen LogP contribution is 2.35. The van der Waals surface area contributed by atoms with Crippen LogP contribution in [-0.2, 0) is 50.3 Å². The van der Waals surface area contributed by atoms with Gasteiger partial charge in [0.15, 0.2) is 11.6 Å². The van der Waals surface area contributed by atoms with E-state index in [2.05, 4.69) is 0 Å². The Labute approximate surface area is 322 Å². The van der Waals surface area contributed by atoms with Gasteiger partial charge >= 0.3 is 0 Å². The lowest BCUT2D eigenvalue weighted by molar-refractivity contribution is 0.102. The number of ketones is 2. The molecule has 6 aromatic carbocycles. The highest BCUT2D eigenvalue weighted by molar-refractivity contribution is 7.91. The zero-order valence-electron chi connectivity index (χ0n) is 27.9. The maximum atomic E-state index is 13.9. The first-order valence-electron chi connectivity index (χ1n) is 15.2. The van der Waals surface area contributed by atoms with Crippen LogP contribution >= 0.6 is 0 Å². The van der Waals surface area contributed by atoms with Crippen LogP contribution in [0.5, 0.6) is 11.5 Å². The molecule has 0 aliphatic carbocycles. The van der Waals surface area contributed by atoms with Gasteiger partial charge in [0.1, 0.15) is 21.3 Å². The maximum Gasteiger partial charge on any atom is 0.295 e. The van der Waals surface area contributed by atoms with E-state index in [1.54, 1.807) is 0 Å². The molecular formula is C34H22O18S5. The fourth-order valence-corrected chi connectivity index (χ4v) is 9.63. The summed E-state index contributed by atoms with van der Waals surface area (Å²) in [4.78, 5) is 22.8. The third-order valence-corrected chi connectivity index (χ3v) is 13.7. The van der Waals surface area contributed by atoms with E-state index in [9.17, 15) is 80.1 Å². The SMILES string of the molecule is O=C(c1cc(S(=O)(=O)O)c2ccc(S(=O)(=O)O)cc2c1)c1cc(S(=O)(=O)c2ccc(O)c(C(=O)c3cc(S(=O)(=O)O)c4ccc(S(=O)(=O)O)cc4c3)c2)ccc1O. The summed E-state index contributed by atoms with van der Waals surface area (Å²) in [5.41, 5.74) is -2.71. The van der Waals surface area contributed by atoms with Crippen molar-refractivity contribution in [3.8, 4) is 11.5 Å². The van der Waals surface area contributed by atoms with Crippen LogP contribution in [0.1, 0.15) is 31.8 Å². The van der Waals surface area contributed by atoms with Gasteiger partial charge in [0.2, 0.25) is 9.84 Å². The molecule has 0 bridgehead atoms. The van der Waals surface area contributed by atoms with E-state index in [1.807, 2.05) is 0 Å². The van der Waals surface area contributed by atoms with Crippen LogP contribution in [0.2, 0.25) is 0 Å². The molecule has 0 aromatic heterocycles. The first-order valence-corrected chi connectivity index (χ1v) is 22.5. The summed E-state index contributed by atoms with van der Waals surface area (Å²) < 4.78 is 162. The molecule has 23 heteroatoms. The van der Waals surface area contributed by atoms with Gasteiger partial charge in [0.05, 0.1) is 30.7 Å². The van der Waals surface area contributed by atoms with Gasteiger partial charge in [-0.05, 0) is 95.7 Å². The lowest BCUT2D eigenvalue weighted by Gasteiger charge is -2.13. The van der Waals surface area contributed by atoms with E-state index in [1.165, 1.54) is 0 Å². The topological polar surface area (TPSA) is 326 Å². The summed E-state index contributed by atoms with van der Waals surface area (Å²) in [7, 11) is -24.7. The molecule has 6 N–H and O–H groups in total. The number of sulfone groups is 1. The minimum absolute atomic E-state index is 0.277. The molecule has 296 valence electrons. The van der Waals surface area contributed by atoms with Crippen molar-refractivity contribution in [2.45, 2.75) is 29.4 Å². The number of carbonyl (C=O) groups is 2. The van der Waals surface area contributed by atoms with E-state index >= 15 is 0 Å². The molecule has 6 rings (SSSR count). The Balaban J connectivity index is 1.45. The van der Waals surface area contributed by atoms with Crippen LogP contribution in [0.25, 0.3) is 21.5 Å². The van der Waals surface area contributed by atoms with Crippen molar-refractivity contribution >= 4 is 83.4 Å². The molecule has 0 unspecified atom stereocenters. The zero-order chi connectivity index (χ0) is 42.2. The smallest absolute Gasteiger partial charge is 0.295 e. The molecule has 0 atom stereocenters. The molecular weight excluding hydrogens is 857 g/mol. The van der Waals surface area contributed by atoms with Gasteiger partial charge in [-0.15, -0.1) is 0 Å². The van der Waals surface area contributed by atoms with E-state index < -0.39 is 125 Å². The van der Waals surface area contributed by atoms with Gasteiger partial charge in [-0.25, -0.2) is 8.42 Å². The standard InChI is InChI=1S/C34H22O18S5/c35-29-7-3-21(15-27(29)33(37)19-9-17-11-23(54(41,42)43)1-5-25(17)31(13-19)56(47,48)49)53(39,40)22-4-8-30(36)28(16-22)34(38)20-10-18-12-24(55(44,45)46)2-6-26(18)32(14-20)57(50,51)52/h1-16,35-36H,(H,41,42,43)(H,44,45,46)(H,47,48,49)(H,50,51,52). The quantitative estimate of drug-likeness (QED) is 0.0844. The first-order chi connectivity index (χ1) is 26.2. The third kappa shape index (κ3) is 7.87. The highest BCUT2D eigenvalue weighted by atomic mass is 32.2. The Morgan fingerprint density at radius 3 is 1.04 bits per heavy atom. The molecule has 0 saturated carbocycles. The van der Waals surface area contributed by atoms with Crippen LogP contribution in [0.3, 0.4) is 0 Å². The van der Waals surface area contributed by atoms with Gasteiger partial charge in [-0.3, -0.25) is 27.8 Å². The molecule has 0 amide bonds. The summed E-state index contributed by atoms with van der Waals surface area (Å²) in [6.45, 7) is 0. The normalized spacial score (nSPS) is 12.8. The second kappa shape index (κ2) is 13.8. The van der Waals surface area contributed by atoms with Gasteiger partial charge in [-0.2, -0.15) is 33.7 Å². The number of fused-ring (bicyclic) bond motifs is 2. The number of hydrogen-bond donors (Lipinski definition) is 6. The predicted molar refractivity (Wildman–Crippen MR) is 196 cm³/mol. The predicted octanol–water partition coefficient (Wildman–Crippen LogP) is 3.69. The summed E-state index contributed by atoms with van der Waals surface area (Å²) >= 11 is 0. The van der Waals surface area contributed by atoms with Crippen molar-refractivity contribution in [2.24, 2.45) is 0 Å². The number of phenolic OH excluding ortho intramolecular Hbond substituents is 2. The number of benzene rings is 6. The van der Waals surface area contributed by atoms with Crippen molar-refractivity contribution in [3.05, 3.63) is 119 Å². The van der Waals surface area contributed by atoms with Crippen LogP contribution in [0, 0.1) is 0 Å². The summed E-state index contributed by atoms with van der Waals surface area (Å²) in [5, 5.41) is 20.1. The van der Waals surface area contributed by atoms with E-state index in [-0.39, 0.29) is 21.5 Å². The summed E-state index contributed by atoms with van der Waals surface area (Å²) in [6, 6.07) is 12.9. The number of phenols is 2. The number of aromatic hydroxyl groups is 2. The molecule has 0 aliphatic heterocycles. The number of carbonyl (C=O) groups excluding carboxylic acids is 2. The molecule has 0 radical (unpaired) electrons. The van der Waals surface area contributed by atoms with Crippen LogP contribution in [0.15, 0.2) is 126 Å². The van der Waals surface area contributed by atoms with E-state index in [0.29, 0.717) is 24.3 Å². The van der Waals surface area contributed by atoms with Crippen molar-refractivity contribution in [3.63, 3.8) is 0 Å². The summed E-state index contributed by atoms with van der Waals surface area (Å²) in [6.07, 6.45) is 0. The Hall–Kier alpha value is -5.63. The van der Waals surface area contributed by atoms with E-state index in [4.69, 9.17) is 0 Å². The Kier molecular flexibility index (Phi) is 9.92. The van der Waals surface area contributed by atoms with Crippen molar-refractivity contribution in [1.29, 1.82) is 0 Å². The number of rotatable bonds is 10. The van der Waals surface area contributed by atoms with Gasteiger partial charge in [0.25, 0.3) is 40.5 Å². The molecule has 18 nitrogen and oxygen atoms in total. The molecule has 0 spiro atoms. The molecule has 0 aliphatic rings. The lowest BCUT2D eigenvalue weighted by Crippen LogP contribution is -2.10. The van der Waals surface area contributed by atoms with Crippen LogP contribution in [0.4, 0.5) is 0 Å². The van der Waals surface area contributed by atoms with Crippen molar-refractivity contribution in [2.75, 3.05) is 0 Å². The molecule has 6 aromatic rings. The minimum atomic E-state index is -5.10. The zero-order valence-corrected chi connectivity index (χ0v) is 31.9. The lowest BCUT2D eigenvalue weighted by atomic mass is 9.99. The van der Waals surface area contributed by atoms with Gasteiger partial charge in [0, 0.05) is 21.9 Å². The second-order valence-electron chi connectivity index (χ2n) is 12.1. The fourth-order valence-electron chi connectivity index (χ4n) is 5.81. The first kappa shape index (κ1) is 41.0. The van der Waals surface area contributed by atoms with Crippen LogP contribution < -0.4 is 0 Å². The number of hydrogen-bond acceptors (Lipinski definition) is 14. The van der Waals surface area contributed by atoms with E-state index in [0.717, 1.165) is 72.8 Å². The van der Waals surface area contributed by atoms with Gasteiger partial charge < -0.3 is 10.2 Å². The largest absolute Gasteiger partial charge is 0.507 e. The monoisotopic (exact) mass is 878 g/mol. The van der Waals surface area contributed by atoms with Crippen molar-refractivity contribution in [1.82, 2.24) is 0 Å². The molecule has 57 heavy (non-hydrogen) atoms.